The van der Waals surface area contributed by atoms with Crippen LogP contribution in [0.4, 0.5) is 0 Å². The molecule has 3 N–H and O–H groups in total. The third kappa shape index (κ3) is 8.17. The highest BCUT2D eigenvalue weighted by Crippen LogP contribution is 2.45. The van der Waals surface area contributed by atoms with E-state index in [1.807, 2.05) is 0 Å². The fraction of sp³-hybridized carbons (Fsp3) is 0.773. The number of allylic oxidation sites excluding steroid dienone is 1. The Bertz CT molecular complexity index is 578. The van der Waals surface area contributed by atoms with Crippen molar-refractivity contribution in [2.75, 3.05) is 13.1 Å². The Kier molecular flexibility index (Phi) is 10.2. The van der Waals surface area contributed by atoms with Crippen molar-refractivity contribution in [3.05, 3.63) is 12.2 Å². The van der Waals surface area contributed by atoms with E-state index in [9.17, 15) is 14.4 Å². The number of rotatable bonds is 14. The van der Waals surface area contributed by atoms with E-state index in [2.05, 4.69) is 17.6 Å². The molecule has 4 atom stereocenters. The largest absolute Gasteiger partial charge is 0.478 e. The van der Waals surface area contributed by atoms with Gasteiger partial charge in [0.05, 0.1) is 12.2 Å². The van der Waals surface area contributed by atoms with Crippen LogP contribution in [-0.4, -0.2) is 48.2 Å². The Labute approximate surface area is 173 Å². The van der Waals surface area contributed by atoms with Crippen molar-refractivity contribution in [2.24, 2.45) is 11.8 Å². The minimum absolute atomic E-state index is 0.117. The van der Waals surface area contributed by atoms with E-state index in [-0.39, 0.29) is 30.4 Å². The smallest absolute Gasteiger partial charge is 0.327 e. The first-order valence-electron chi connectivity index (χ1n) is 11.1. The molecule has 2 heterocycles. The molecule has 2 bridgehead atoms. The van der Waals surface area contributed by atoms with Gasteiger partial charge in [0.15, 0.2) is 0 Å². The molecule has 0 unspecified atom stereocenters. The summed E-state index contributed by atoms with van der Waals surface area (Å²) in [5, 5.41) is 14.3. The van der Waals surface area contributed by atoms with E-state index in [0.29, 0.717) is 24.9 Å². The van der Waals surface area contributed by atoms with Crippen LogP contribution in [0.5, 0.6) is 0 Å². The van der Waals surface area contributed by atoms with E-state index in [1.165, 1.54) is 6.08 Å². The van der Waals surface area contributed by atoms with Gasteiger partial charge < -0.3 is 20.5 Å². The number of nitrogens with one attached hydrogen (secondary N) is 2. The van der Waals surface area contributed by atoms with Crippen molar-refractivity contribution in [1.82, 2.24) is 10.6 Å². The van der Waals surface area contributed by atoms with Gasteiger partial charge in [-0.15, -0.1) is 0 Å². The summed E-state index contributed by atoms with van der Waals surface area (Å²) in [5.41, 5.74) is 0. The van der Waals surface area contributed by atoms with Crippen LogP contribution in [0.25, 0.3) is 0 Å². The summed E-state index contributed by atoms with van der Waals surface area (Å²) >= 11 is 0. The lowest BCUT2D eigenvalue weighted by Crippen LogP contribution is -2.39. The van der Waals surface area contributed by atoms with E-state index >= 15 is 0 Å². The molecule has 2 aliphatic heterocycles. The number of amides is 2. The van der Waals surface area contributed by atoms with Gasteiger partial charge in [-0.25, -0.2) is 4.79 Å². The summed E-state index contributed by atoms with van der Waals surface area (Å²) in [6, 6.07) is 0. The summed E-state index contributed by atoms with van der Waals surface area (Å²) in [4.78, 5) is 34.4. The van der Waals surface area contributed by atoms with E-state index < -0.39 is 5.97 Å². The Morgan fingerprint density at radius 1 is 1.00 bits per heavy atom. The number of hydrogen-bond donors (Lipinski definition) is 3. The molecule has 0 radical (unpaired) electrons. The highest BCUT2D eigenvalue weighted by Gasteiger charge is 2.48. The maximum Gasteiger partial charge on any atom is 0.327 e. The highest BCUT2D eigenvalue weighted by molar-refractivity contribution is 5.96. The van der Waals surface area contributed by atoms with E-state index in [4.69, 9.17) is 9.84 Å². The average molecular weight is 409 g/mol. The van der Waals surface area contributed by atoms with Crippen LogP contribution in [0.1, 0.15) is 71.1 Å². The number of carboxylic acid groups (broad SMARTS) is 1. The molecule has 2 fully saturated rings. The predicted molar refractivity (Wildman–Crippen MR) is 110 cm³/mol. The van der Waals surface area contributed by atoms with Crippen molar-refractivity contribution < 1.29 is 24.2 Å². The summed E-state index contributed by atoms with van der Waals surface area (Å²) in [6.45, 7) is 3.30. The first-order valence-corrected chi connectivity index (χ1v) is 11.1. The lowest BCUT2D eigenvalue weighted by atomic mass is 9.76. The molecule has 0 saturated carbocycles. The number of carbonyl (C=O) groups is 3. The number of carbonyl (C=O) groups excluding carboxylic acids is 2. The first-order chi connectivity index (χ1) is 14.0. The van der Waals surface area contributed by atoms with E-state index in [0.717, 1.165) is 57.8 Å². The molecule has 2 aliphatic rings. The number of carboxylic acids is 1. The van der Waals surface area contributed by atoms with Gasteiger partial charge in [0.2, 0.25) is 11.8 Å². The molecule has 7 heteroatoms. The Morgan fingerprint density at radius 2 is 1.72 bits per heavy atom. The molecule has 0 spiro atoms. The predicted octanol–water partition coefficient (Wildman–Crippen LogP) is 2.79. The minimum atomic E-state index is -0.906. The highest BCUT2D eigenvalue weighted by atomic mass is 16.5. The van der Waals surface area contributed by atoms with Crippen molar-refractivity contribution in [2.45, 2.75) is 83.3 Å². The summed E-state index contributed by atoms with van der Waals surface area (Å²) < 4.78 is 6.07. The molecule has 7 nitrogen and oxygen atoms in total. The fourth-order valence-corrected chi connectivity index (χ4v) is 4.49. The zero-order valence-electron chi connectivity index (χ0n) is 17.5. The number of ether oxygens (including phenoxy) is 1. The average Bonchev–Trinajstić information content (AvgIpc) is 3.28. The number of fused-ring (bicyclic) bond motifs is 2. The Balaban J connectivity index is 1.67. The van der Waals surface area contributed by atoms with Crippen LogP contribution >= 0.6 is 0 Å². The maximum absolute atomic E-state index is 12.1. The summed E-state index contributed by atoms with van der Waals surface area (Å²) in [5.74, 6) is -0.607. The second kappa shape index (κ2) is 12.6. The molecule has 0 aromatic heterocycles. The minimum Gasteiger partial charge on any atom is -0.478 e. The molecule has 2 amide bonds. The quantitative estimate of drug-likeness (QED) is 0.233. The van der Waals surface area contributed by atoms with Crippen LogP contribution in [-0.2, 0) is 19.1 Å². The van der Waals surface area contributed by atoms with E-state index in [1.54, 1.807) is 6.08 Å². The van der Waals surface area contributed by atoms with Gasteiger partial charge in [-0.05, 0) is 44.4 Å². The van der Waals surface area contributed by atoms with Gasteiger partial charge in [0.1, 0.15) is 6.42 Å². The van der Waals surface area contributed by atoms with Gasteiger partial charge in [0, 0.05) is 25.1 Å². The second-order valence-corrected chi connectivity index (χ2v) is 8.18. The Morgan fingerprint density at radius 3 is 2.45 bits per heavy atom. The van der Waals surface area contributed by atoms with Crippen LogP contribution in [0, 0.1) is 11.8 Å². The summed E-state index contributed by atoms with van der Waals surface area (Å²) in [7, 11) is 0. The van der Waals surface area contributed by atoms with Crippen LogP contribution in [0.3, 0.4) is 0 Å². The van der Waals surface area contributed by atoms with Gasteiger partial charge in [-0.3, -0.25) is 9.59 Å². The third-order valence-corrected chi connectivity index (χ3v) is 5.97. The zero-order valence-corrected chi connectivity index (χ0v) is 17.5. The number of hydrogen-bond acceptors (Lipinski definition) is 4. The summed E-state index contributed by atoms with van der Waals surface area (Å²) in [6.07, 6.45) is 12.3. The monoisotopic (exact) mass is 408 g/mol. The zero-order chi connectivity index (χ0) is 21.1. The Hall–Kier alpha value is -1.89. The first kappa shape index (κ1) is 23.4. The van der Waals surface area contributed by atoms with Crippen LogP contribution < -0.4 is 10.6 Å². The lowest BCUT2D eigenvalue weighted by Gasteiger charge is -2.28. The second-order valence-electron chi connectivity index (χ2n) is 8.18. The molecular formula is C22H36N2O5. The van der Waals surface area contributed by atoms with Crippen molar-refractivity contribution >= 4 is 17.8 Å². The molecule has 2 rings (SSSR count). The van der Waals surface area contributed by atoms with Gasteiger partial charge in [-0.2, -0.15) is 0 Å². The van der Waals surface area contributed by atoms with Gasteiger partial charge in [0.25, 0.3) is 0 Å². The SMILES string of the molecule is CCCCCNC(=O)CC(=O)NC[C@@H]1[C@H](CCCCC=CC(=O)O)[C@@H]2CC[C@H]1O2. The molecule has 0 aliphatic carbocycles. The molecule has 0 aromatic carbocycles. The van der Waals surface area contributed by atoms with Crippen LogP contribution in [0.15, 0.2) is 12.2 Å². The molecular weight excluding hydrogens is 372 g/mol. The molecule has 0 aromatic rings. The molecule has 164 valence electrons. The number of aliphatic carboxylic acids is 1. The molecule has 2 saturated heterocycles. The molecule has 29 heavy (non-hydrogen) atoms. The van der Waals surface area contributed by atoms with Crippen molar-refractivity contribution in [3.8, 4) is 0 Å². The topological polar surface area (TPSA) is 105 Å². The number of unbranched alkanes of at least 4 members (excludes halogenated alkanes) is 4. The van der Waals surface area contributed by atoms with Crippen LogP contribution in [0.2, 0.25) is 0 Å². The third-order valence-electron chi connectivity index (χ3n) is 5.97. The van der Waals surface area contributed by atoms with Gasteiger partial charge in [-0.1, -0.05) is 32.3 Å². The van der Waals surface area contributed by atoms with Gasteiger partial charge >= 0.3 is 5.97 Å². The van der Waals surface area contributed by atoms with Crippen molar-refractivity contribution in [3.63, 3.8) is 0 Å². The standard InChI is InChI=1S/C22H36N2O5/c1-2-3-8-13-23-20(25)14-21(26)24-15-17-16(18-11-12-19(17)29-18)9-6-4-5-7-10-22(27)28/h7,10,16-19H,2-6,8-9,11-15H2,1H3,(H,23,25)(H,24,26)(H,27,28)/t16-,17+,18-,19+/m0/s1. The van der Waals surface area contributed by atoms with Crippen molar-refractivity contribution in [1.29, 1.82) is 0 Å². The lowest BCUT2D eigenvalue weighted by molar-refractivity contribution is -0.132. The normalized spacial score (nSPS) is 25.4. The maximum atomic E-state index is 12.1. The fourth-order valence-electron chi connectivity index (χ4n) is 4.49.